The van der Waals surface area contributed by atoms with Gasteiger partial charge in [0, 0.05) is 26.2 Å². The average Bonchev–Trinajstić information content (AvgIpc) is 3.48. The molecule has 4 unspecified atom stereocenters. The molecule has 2 aromatic rings. The molecule has 170 valence electrons. The standard InChI is InChI=1S/C28H31N3O2/c1-19-16-22-17-23(19)25-24(22)27(32)31(28(25)33)18-29-12-14-30(15-13-29)26(20-8-4-2-5-9-20)21-10-6-3-7-11-21/h2-11,16,22-26H,12-15,17-18H2,1H3. The molecule has 2 aromatic carbocycles. The van der Waals surface area contributed by atoms with Crippen molar-refractivity contribution >= 4 is 11.8 Å². The van der Waals surface area contributed by atoms with Crippen molar-refractivity contribution in [1.29, 1.82) is 0 Å². The van der Waals surface area contributed by atoms with Gasteiger partial charge in [0.25, 0.3) is 0 Å². The van der Waals surface area contributed by atoms with Gasteiger partial charge in [-0.1, -0.05) is 72.3 Å². The molecule has 0 aromatic heterocycles. The van der Waals surface area contributed by atoms with Crippen LogP contribution in [0.25, 0.3) is 0 Å². The van der Waals surface area contributed by atoms with Gasteiger partial charge in [-0.3, -0.25) is 24.3 Å². The third-order valence-electron chi connectivity index (χ3n) is 8.32. The number of nitrogens with zero attached hydrogens (tertiary/aromatic N) is 3. The van der Waals surface area contributed by atoms with Crippen molar-refractivity contribution in [3.05, 3.63) is 83.4 Å². The number of piperazine rings is 1. The van der Waals surface area contributed by atoms with Crippen LogP contribution >= 0.6 is 0 Å². The molecule has 1 saturated carbocycles. The summed E-state index contributed by atoms with van der Waals surface area (Å²) in [6, 6.07) is 21.6. The molecule has 4 aliphatic rings. The number of hydrogen-bond donors (Lipinski definition) is 0. The fourth-order valence-corrected chi connectivity index (χ4v) is 6.72. The second-order valence-electron chi connectivity index (χ2n) is 10.1. The van der Waals surface area contributed by atoms with E-state index in [4.69, 9.17) is 0 Å². The second-order valence-corrected chi connectivity index (χ2v) is 10.1. The number of hydrogen-bond acceptors (Lipinski definition) is 4. The van der Waals surface area contributed by atoms with Gasteiger partial charge in [-0.15, -0.1) is 0 Å². The smallest absolute Gasteiger partial charge is 0.234 e. The summed E-state index contributed by atoms with van der Waals surface area (Å²) in [5.41, 5.74) is 3.91. The van der Waals surface area contributed by atoms with Crippen LogP contribution in [-0.2, 0) is 9.59 Å². The molecule has 5 heteroatoms. The molecule has 2 saturated heterocycles. The van der Waals surface area contributed by atoms with Crippen LogP contribution < -0.4 is 0 Å². The van der Waals surface area contributed by atoms with E-state index >= 15 is 0 Å². The molecular weight excluding hydrogens is 410 g/mol. The summed E-state index contributed by atoms with van der Waals surface area (Å²) in [7, 11) is 0. The molecule has 4 atom stereocenters. The fraction of sp³-hybridized carbons (Fsp3) is 0.429. The number of allylic oxidation sites excluding steroid dienone is 2. The van der Waals surface area contributed by atoms with Crippen molar-refractivity contribution in [1.82, 2.24) is 14.7 Å². The molecule has 5 nitrogen and oxygen atoms in total. The quantitative estimate of drug-likeness (QED) is 0.526. The predicted octanol–water partition coefficient (Wildman–Crippen LogP) is 3.55. The Labute approximate surface area is 195 Å². The topological polar surface area (TPSA) is 43.9 Å². The van der Waals surface area contributed by atoms with Crippen LogP contribution in [0.15, 0.2) is 72.3 Å². The van der Waals surface area contributed by atoms with Crippen molar-refractivity contribution in [3.63, 3.8) is 0 Å². The van der Waals surface area contributed by atoms with Crippen LogP contribution in [0, 0.1) is 23.7 Å². The Morgan fingerprint density at radius 1 is 0.818 bits per heavy atom. The van der Waals surface area contributed by atoms with Gasteiger partial charge < -0.3 is 0 Å². The molecule has 2 amide bonds. The Morgan fingerprint density at radius 2 is 1.39 bits per heavy atom. The molecule has 6 rings (SSSR count). The number of benzene rings is 2. The first-order chi connectivity index (χ1) is 16.1. The van der Waals surface area contributed by atoms with E-state index in [0.29, 0.717) is 6.67 Å². The van der Waals surface area contributed by atoms with E-state index in [9.17, 15) is 9.59 Å². The minimum atomic E-state index is -0.104. The highest BCUT2D eigenvalue weighted by atomic mass is 16.2. The number of rotatable bonds is 5. The number of amides is 2. The maximum absolute atomic E-state index is 13.2. The first-order valence-electron chi connectivity index (χ1n) is 12.2. The number of likely N-dealkylation sites (tertiary alicyclic amines) is 1. The van der Waals surface area contributed by atoms with Crippen LogP contribution in [0.1, 0.15) is 30.5 Å². The zero-order chi connectivity index (χ0) is 22.5. The Hall–Kier alpha value is -2.76. The number of carbonyl (C=O) groups is 2. The van der Waals surface area contributed by atoms with E-state index in [-0.39, 0.29) is 41.5 Å². The van der Waals surface area contributed by atoms with Crippen LogP contribution in [-0.4, -0.2) is 59.4 Å². The van der Waals surface area contributed by atoms with Crippen LogP contribution in [0.4, 0.5) is 0 Å². The highest BCUT2D eigenvalue weighted by molar-refractivity contribution is 6.06. The minimum absolute atomic E-state index is 0.0649. The zero-order valence-electron chi connectivity index (χ0n) is 19.1. The minimum Gasteiger partial charge on any atom is -0.290 e. The largest absolute Gasteiger partial charge is 0.290 e. The van der Waals surface area contributed by atoms with Gasteiger partial charge in [0.15, 0.2) is 0 Å². The SMILES string of the molecule is CC1=CC2CC1C1C(=O)N(CN3CCN(C(c4ccccc4)c4ccccc4)CC3)C(=O)C21. The number of imide groups is 1. The van der Waals surface area contributed by atoms with E-state index in [0.717, 1.165) is 32.6 Å². The molecule has 33 heavy (non-hydrogen) atoms. The van der Waals surface area contributed by atoms with Gasteiger partial charge in [-0.25, -0.2) is 0 Å². The average molecular weight is 442 g/mol. The maximum atomic E-state index is 13.2. The maximum Gasteiger partial charge on any atom is 0.234 e. The van der Waals surface area contributed by atoms with Crippen molar-refractivity contribution in [2.24, 2.45) is 23.7 Å². The summed E-state index contributed by atoms with van der Waals surface area (Å²) in [6.07, 6.45) is 3.23. The third-order valence-corrected chi connectivity index (χ3v) is 8.32. The first kappa shape index (κ1) is 20.8. The van der Waals surface area contributed by atoms with Crippen molar-refractivity contribution in [2.45, 2.75) is 19.4 Å². The van der Waals surface area contributed by atoms with Gasteiger partial charge >= 0.3 is 0 Å². The summed E-state index contributed by atoms with van der Waals surface area (Å²) >= 11 is 0. The molecule has 0 spiro atoms. The predicted molar refractivity (Wildman–Crippen MR) is 127 cm³/mol. The van der Waals surface area contributed by atoms with Crippen molar-refractivity contribution in [2.75, 3.05) is 32.8 Å². The summed E-state index contributed by atoms with van der Waals surface area (Å²) in [5, 5.41) is 0. The number of fused-ring (bicyclic) bond motifs is 5. The van der Waals surface area contributed by atoms with E-state index in [1.165, 1.54) is 16.7 Å². The van der Waals surface area contributed by atoms with Crippen molar-refractivity contribution < 1.29 is 9.59 Å². The number of carbonyl (C=O) groups excluding carboxylic acids is 2. The third kappa shape index (κ3) is 3.46. The molecule has 2 aliphatic carbocycles. The van der Waals surface area contributed by atoms with Crippen LogP contribution in [0.5, 0.6) is 0 Å². The summed E-state index contributed by atoms with van der Waals surface area (Å²) in [6.45, 7) is 6.08. The highest BCUT2D eigenvalue weighted by Crippen LogP contribution is 2.55. The molecule has 2 aliphatic heterocycles. The monoisotopic (exact) mass is 441 g/mol. The highest BCUT2D eigenvalue weighted by Gasteiger charge is 2.60. The molecule has 0 N–H and O–H groups in total. The zero-order valence-corrected chi connectivity index (χ0v) is 19.1. The summed E-state index contributed by atoms with van der Waals surface area (Å²) in [5.74, 6) is 0.489. The van der Waals surface area contributed by atoms with E-state index < -0.39 is 0 Å². The first-order valence-corrected chi connectivity index (χ1v) is 12.2. The normalized spacial score (nSPS) is 29.8. The molecule has 0 radical (unpaired) electrons. The van der Waals surface area contributed by atoms with Gasteiger partial charge in [0.1, 0.15) is 0 Å². The van der Waals surface area contributed by atoms with E-state index in [2.05, 4.69) is 83.5 Å². The van der Waals surface area contributed by atoms with Gasteiger partial charge in [0.05, 0.1) is 24.5 Å². The lowest BCUT2D eigenvalue weighted by atomic mass is 9.82. The molecule has 2 bridgehead atoms. The lowest BCUT2D eigenvalue weighted by Gasteiger charge is -2.40. The Bertz CT molecular complexity index is 1040. The summed E-state index contributed by atoms with van der Waals surface area (Å²) < 4.78 is 0. The van der Waals surface area contributed by atoms with Crippen LogP contribution in [0.3, 0.4) is 0 Å². The molecule has 2 heterocycles. The van der Waals surface area contributed by atoms with Gasteiger partial charge in [0.2, 0.25) is 11.8 Å². The van der Waals surface area contributed by atoms with Crippen LogP contribution in [0.2, 0.25) is 0 Å². The van der Waals surface area contributed by atoms with E-state index in [1.807, 2.05) is 0 Å². The summed E-state index contributed by atoms with van der Waals surface area (Å²) in [4.78, 5) is 32.7. The van der Waals surface area contributed by atoms with Crippen molar-refractivity contribution in [3.8, 4) is 0 Å². The Balaban J connectivity index is 1.14. The van der Waals surface area contributed by atoms with Gasteiger partial charge in [-0.05, 0) is 36.3 Å². The van der Waals surface area contributed by atoms with Gasteiger partial charge in [-0.2, -0.15) is 0 Å². The molecular formula is C28H31N3O2. The second kappa shape index (κ2) is 8.23. The lowest BCUT2D eigenvalue weighted by Crippen LogP contribution is -2.52. The molecule has 3 fully saturated rings. The Kier molecular flexibility index (Phi) is 5.19. The lowest BCUT2D eigenvalue weighted by molar-refractivity contribution is -0.143. The van der Waals surface area contributed by atoms with E-state index in [1.54, 1.807) is 4.90 Å². The fourth-order valence-electron chi connectivity index (χ4n) is 6.72. The Morgan fingerprint density at radius 3 is 2.00 bits per heavy atom.